The normalized spacial score (nSPS) is 18.5. The van der Waals surface area contributed by atoms with Crippen molar-refractivity contribution < 1.29 is 13.5 Å². The molecule has 1 fully saturated rings. The first-order valence-corrected chi connectivity index (χ1v) is 14.7. The monoisotopic (exact) mass is 575 g/mol. The van der Waals surface area contributed by atoms with Gasteiger partial charge < -0.3 is 13.9 Å². The molecular formula is C29H26FN5O3S2. The van der Waals surface area contributed by atoms with Crippen molar-refractivity contribution in [3.8, 4) is 5.75 Å². The molecular weight excluding hydrogens is 549 g/mol. The number of rotatable bonds is 6. The van der Waals surface area contributed by atoms with Crippen molar-refractivity contribution in [2.45, 2.75) is 42.3 Å². The first-order valence-electron chi connectivity index (χ1n) is 13.2. The Hall–Kier alpha value is -3.67. The lowest BCUT2D eigenvalue weighted by Gasteiger charge is -2.47. The van der Waals surface area contributed by atoms with Crippen LogP contribution in [0, 0.1) is 5.82 Å². The number of aromatic nitrogens is 3. The van der Waals surface area contributed by atoms with Crippen molar-refractivity contribution in [1.82, 2.24) is 18.8 Å². The molecule has 8 nitrogen and oxygen atoms in total. The summed E-state index contributed by atoms with van der Waals surface area (Å²) in [4.78, 5) is 20.1. The van der Waals surface area contributed by atoms with Gasteiger partial charge in [-0.3, -0.25) is 9.47 Å². The third-order valence-corrected chi connectivity index (χ3v) is 9.31. The van der Waals surface area contributed by atoms with Crippen LogP contribution in [0.5, 0.6) is 5.75 Å². The van der Waals surface area contributed by atoms with E-state index >= 15 is 4.39 Å². The van der Waals surface area contributed by atoms with E-state index in [0.717, 1.165) is 55.7 Å². The van der Waals surface area contributed by atoms with Gasteiger partial charge in [-0.2, -0.15) is 4.37 Å². The van der Waals surface area contributed by atoms with Gasteiger partial charge in [0.25, 0.3) is 0 Å². The highest BCUT2D eigenvalue weighted by atomic mass is 32.2. The molecule has 204 valence electrons. The molecule has 3 aromatic carbocycles. The Morgan fingerprint density at radius 1 is 1.10 bits per heavy atom. The minimum Gasteiger partial charge on any atom is -0.487 e. The van der Waals surface area contributed by atoms with Crippen LogP contribution in [0.2, 0.25) is 0 Å². The summed E-state index contributed by atoms with van der Waals surface area (Å²) < 4.78 is 36.2. The highest BCUT2D eigenvalue weighted by Gasteiger charge is 2.44. The molecule has 0 bridgehead atoms. The topological polar surface area (TPSA) is 85.4 Å². The quantitative estimate of drug-likeness (QED) is 0.243. The third kappa shape index (κ3) is 4.78. The Bertz CT molecular complexity index is 1700. The summed E-state index contributed by atoms with van der Waals surface area (Å²) in [5.41, 5.74) is 2.54. The van der Waals surface area contributed by atoms with Gasteiger partial charge in [-0.25, -0.2) is 14.2 Å². The molecule has 40 heavy (non-hydrogen) atoms. The highest BCUT2D eigenvalue weighted by molar-refractivity contribution is 8.00. The number of hydrogen-bond acceptors (Lipinski definition) is 9. The number of piperidine rings is 1. The zero-order valence-corrected chi connectivity index (χ0v) is 23.1. The third-order valence-electron chi connectivity index (χ3n) is 7.77. The Labute approximate surface area is 238 Å². The van der Waals surface area contributed by atoms with Crippen molar-refractivity contribution in [2.75, 3.05) is 17.8 Å². The summed E-state index contributed by atoms with van der Waals surface area (Å²) in [6.07, 6.45) is 3.70. The van der Waals surface area contributed by atoms with Crippen LogP contribution in [0.25, 0.3) is 11.1 Å². The van der Waals surface area contributed by atoms with Crippen molar-refractivity contribution >= 4 is 39.7 Å². The van der Waals surface area contributed by atoms with Gasteiger partial charge in [-0.05, 0) is 36.4 Å². The SMILES string of the molecule is O=c1oc2cc(SNc3ncns3)c(F)cc2n1C1CC2(CCN(Cc3ccccc3)CC2)Oc2ccccc21. The zero-order valence-electron chi connectivity index (χ0n) is 21.5. The molecule has 0 saturated carbocycles. The summed E-state index contributed by atoms with van der Waals surface area (Å²) in [6, 6.07) is 20.9. The van der Waals surface area contributed by atoms with Gasteiger partial charge in [-0.1, -0.05) is 48.5 Å². The van der Waals surface area contributed by atoms with E-state index < -0.39 is 17.2 Å². The van der Waals surface area contributed by atoms with E-state index in [2.05, 4.69) is 43.2 Å². The molecule has 5 aromatic rings. The van der Waals surface area contributed by atoms with Crippen LogP contribution in [0.4, 0.5) is 9.52 Å². The van der Waals surface area contributed by atoms with E-state index in [1.807, 2.05) is 30.3 Å². The smallest absolute Gasteiger partial charge is 0.420 e. The summed E-state index contributed by atoms with van der Waals surface area (Å²) in [6.45, 7) is 2.68. The first kappa shape index (κ1) is 25.3. The summed E-state index contributed by atoms with van der Waals surface area (Å²) in [5.74, 6) is -0.189. The largest absolute Gasteiger partial charge is 0.487 e. The molecule has 4 heterocycles. The van der Waals surface area contributed by atoms with Gasteiger partial charge in [0.05, 0.1) is 16.5 Å². The fraction of sp³-hybridized carbons (Fsp3) is 0.276. The number of oxazole rings is 1. The van der Waals surface area contributed by atoms with Crippen LogP contribution in [-0.2, 0) is 6.54 Å². The number of hydrogen-bond donors (Lipinski definition) is 1. The molecule has 0 aliphatic carbocycles. The Morgan fingerprint density at radius 2 is 1.90 bits per heavy atom. The lowest BCUT2D eigenvalue weighted by Crippen LogP contribution is -2.51. The Kier molecular flexibility index (Phi) is 6.57. The van der Waals surface area contributed by atoms with E-state index in [0.29, 0.717) is 27.5 Å². The number of para-hydroxylation sites is 1. The predicted octanol–water partition coefficient (Wildman–Crippen LogP) is 6.11. The minimum atomic E-state index is -0.507. The van der Waals surface area contributed by atoms with Crippen molar-refractivity contribution in [1.29, 1.82) is 0 Å². The van der Waals surface area contributed by atoms with E-state index in [9.17, 15) is 4.79 Å². The van der Waals surface area contributed by atoms with Crippen LogP contribution in [0.1, 0.15) is 36.4 Å². The van der Waals surface area contributed by atoms with Gasteiger partial charge in [-0.15, -0.1) is 0 Å². The van der Waals surface area contributed by atoms with Gasteiger partial charge in [0, 0.05) is 55.3 Å². The fourth-order valence-corrected chi connectivity index (χ4v) is 6.94. The maximum atomic E-state index is 15.3. The van der Waals surface area contributed by atoms with Gasteiger partial charge in [0.2, 0.25) is 5.13 Å². The number of halogens is 1. The molecule has 1 atom stereocenters. The number of fused-ring (bicyclic) bond motifs is 2. The second kappa shape index (κ2) is 10.4. The van der Waals surface area contributed by atoms with Gasteiger partial charge >= 0.3 is 5.76 Å². The summed E-state index contributed by atoms with van der Waals surface area (Å²) >= 11 is 2.24. The van der Waals surface area contributed by atoms with Crippen LogP contribution in [-0.4, -0.2) is 37.5 Å². The molecule has 1 N–H and O–H groups in total. The maximum Gasteiger partial charge on any atom is 0.420 e. The van der Waals surface area contributed by atoms with Crippen LogP contribution < -0.4 is 15.2 Å². The lowest BCUT2D eigenvalue weighted by atomic mass is 9.80. The molecule has 0 amide bonds. The standard InChI is InChI=1S/C29H26FN5O3S2/c30-21-14-22-25(15-26(21)39-33-27-31-18-32-40-27)37-28(36)35(22)23-16-29(38-24-9-5-4-8-20(23)24)10-12-34(13-11-29)17-19-6-2-1-3-7-19/h1-9,14-15,18,23H,10-13,16-17H2,(H,31,32,33). The zero-order chi connectivity index (χ0) is 27.1. The van der Waals surface area contributed by atoms with E-state index in [1.54, 1.807) is 10.6 Å². The molecule has 2 aromatic heterocycles. The Balaban J connectivity index is 1.19. The number of anilines is 1. The van der Waals surface area contributed by atoms with E-state index in [4.69, 9.17) is 9.15 Å². The van der Waals surface area contributed by atoms with E-state index in [1.165, 1.54) is 29.5 Å². The number of ether oxygens (including phenoxy) is 1. The summed E-state index contributed by atoms with van der Waals surface area (Å²) in [7, 11) is 0. The molecule has 7 rings (SSSR count). The molecule has 2 aliphatic heterocycles. The lowest BCUT2D eigenvalue weighted by molar-refractivity contribution is -0.0267. The Morgan fingerprint density at radius 3 is 2.70 bits per heavy atom. The van der Waals surface area contributed by atoms with Crippen LogP contribution in [0.3, 0.4) is 0 Å². The summed E-state index contributed by atoms with van der Waals surface area (Å²) in [5, 5.41) is 0.558. The number of nitrogens with zero attached hydrogens (tertiary/aromatic N) is 4. The maximum absolute atomic E-state index is 15.3. The minimum absolute atomic E-state index is 0.304. The predicted molar refractivity (Wildman–Crippen MR) is 153 cm³/mol. The molecule has 0 radical (unpaired) electrons. The first-order chi connectivity index (χ1) is 19.6. The molecule has 1 spiro atoms. The second-order valence-corrected chi connectivity index (χ2v) is 11.9. The van der Waals surface area contributed by atoms with Crippen molar-refractivity contribution in [3.63, 3.8) is 0 Å². The number of benzene rings is 3. The fourth-order valence-electron chi connectivity index (χ4n) is 5.81. The number of nitrogens with one attached hydrogen (secondary N) is 1. The average Bonchev–Trinajstić information content (AvgIpc) is 3.60. The molecule has 11 heteroatoms. The van der Waals surface area contributed by atoms with Crippen molar-refractivity contribution in [3.05, 3.63) is 101 Å². The molecule has 2 aliphatic rings. The van der Waals surface area contributed by atoms with Crippen LogP contribution in [0.15, 0.2) is 87.2 Å². The van der Waals surface area contributed by atoms with E-state index in [-0.39, 0.29) is 6.04 Å². The van der Waals surface area contributed by atoms with Gasteiger partial charge in [0.1, 0.15) is 23.5 Å². The molecule has 1 unspecified atom stereocenters. The average molecular weight is 576 g/mol. The molecule has 1 saturated heterocycles. The second-order valence-electron chi connectivity index (χ2n) is 10.2. The number of likely N-dealkylation sites (tertiary alicyclic amines) is 1. The van der Waals surface area contributed by atoms with Gasteiger partial charge in [0.15, 0.2) is 5.58 Å². The van der Waals surface area contributed by atoms with Crippen molar-refractivity contribution in [2.24, 2.45) is 0 Å². The highest BCUT2D eigenvalue weighted by Crippen LogP contribution is 2.46. The van der Waals surface area contributed by atoms with Crippen LogP contribution >= 0.6 is 23.5 Å².